The second-order valence-electron chi connectivity index (χ2n) is 7.05. The fourth-order valence-corrected chi connectivity index (χ4v) is 3.57. The first-order valence-corrected chi connectivity index (χ1v) is 9.27. The van der Waals surface area contributed by atoms with Gasteiger partial charge >= 0.3 is 0 Å². The van der Waals surface area contributed by atoms with E-state index < -0.39 is 0 Å². The minimum Gasteiger partial charge on any atom is -0.338 e. The Hall–Kier alpha value is -3.15. The maximum atomic E-state index is 12.3. The van der Waals surface area contributed by atoms with Crippen LogP contribution in [0, 0.1) is 5.92 Å². The molecule has 1 fully saturated rings. The number of carbonyl (C=O) groups is 2. The molecule has 0 unspecified atom stereocenters. The van der Waals surface area contributed by atoms with Crippen molar-refractivity contribution in [1.82, 2.24) is 9.97 Å². The van der Waals surface area contributed by atoms with Crippen LogP contribution in [-0.2, 0) is 9.59 Å². The third-order valence-corrected chi connectivity index (χ3v) is 4.95. The van der Waals surface area contributed by atoms with Gasteiger partial charge in [0.25, 0.3) is 0 Å². The average molecular weight is 362 g/mol. The zero-order chi connectivity index (χ0) is 18.8. The summed E-state index contributed by atoms with van der Waals surface area (Å²) in [4.78, 5) is 31.4. The number of aromatic amines is 1. The number of imidazole rings is 1. The van der Waals surface area contributed by atoms with Gasteiger partial charge in [-0.05, 0) is 55.3 Å². The van der Waals surface area contributed by atoms with Gasteiger partial charge in [-0.2, -0.15) is 0 Å². The molecule has 1 aliphatic carbocycles. The number of carbonyl (C=O) groups excluding carboxylic acids is 2. The van der Waals surface area contributed by atoms with Crippen molar-refractivity contribution < 1.29 is 9.59 Å². The Morgan fingerprint density at radius 2 is 1.70 bits per heavy atom. The molecule has 27 heavy (non-hydrogen) atoms. The van der Waals surface area contributed by atoms with Crippen molar-refractivity contribution in [3.63, 3.8) is 0 Å². The van der Waals surface area contributed by atoms with Crippen LogP contribution in [0.25, 0.3) is 22.4 Å². The molecular weight excluding hydrogens is 340 g/mol. The molecule has 2 aromatic carbocycles. The summed E-state index contributed by atoms with van der Waals surface area (Å²) in [7, 11) is 0. The van der Waals surface area contributed by atoms with Crippen molar-refractivity contribution in [1.29, 1.82) is 0 Å². The Kier molecular flexibility index (Phi) is 4.62. The summed E-state index contributed by atoms with van der Waals surface area (Å²) in [6.45, 7) is 1.48. The summed E-state index contributed by atoms with van der Waals surface area (Å²) in [6.07, 6.45) is 4.25. The first kappa shape index (κ1) is 17.3. The Morgan fingerprint density at radius 1 is 1.00 bits per heavy atom. The van der Waals surface area contributed by atoms with Crippen LogP contribution < -0.4 is 10.6 Å². The van der Waals surface area contributed by atoms with E-state index in [0.717, 1.165) is 59.5 Å². The van der Waals surface area contributed by atoms with E-state index >= 15 is 0 Å². The zero-order valence-corrected chi connectivity index (χ0v) is 15.2. The molecular formula is C21H22N4O2. The Bertz CT molecular complexity index is 985. The van der Waals surface area contributed by atoms with Gasteiger partial charge in [-0.3, -0.25) is 9.59 Å². The summed E-state index contributed by atoms with van der Waals surface area (Å²) in [5.74, 6) is 0.901. The van der Waals surface area contributed by atoms with Gasteiger partial charge in [0.15, 0.2) is 0 Å². The first-order chi connectivity index (χ1) is 13.1. The molecule has 6 heteroatoms. The van der Waals surface area contributed by atoms with Gasteiger partial charge in [0.05, 0.1) is 11.0 Å². The van der Waals surface area contributed by atoms with Crippen molar-refractivity contribution in [3.8, 4) is 11.4 Å². The predicted molar refractivity (Wildman–Crippen MR) is 106 cm³/mol. The molecule has 0 aliphatic heterocycles. The highest BCUT2D eigenvalue weighted by Gasteiger charge is 2.22. The third-order valence-electron chi connectivity index (χ3n) is 4.95. The van der Waals surface area contributed by atoms with E-state index in [2.05, 4.69) is 20.6 Å². The first-order valence-electron chi connectivity index (χ1n) is 9.27. The van der Waals surface area contributed by atoms with Crippen LogP contribution >= 0.6 is 0 Å². The number of rotatable bonds is 4. The Balaban J connectivity index is 1.53. The second-order valence-corrected chi connectivity index (χ2v) is 7.05. The van der Waals surface area contributed by atoms with Crippen LogP contribution in [0.2, 0.25) is 0 Å². The number of anilines is 2. The van der Waals surface area contributed by atoms with E-state index in [1.54, 1.807) is 0 Å². The monoisotopic (exact) mass is 362 g/mol. The molecule has 138 valence electrons. The maximum absolute atomic E-state index is 12.3. The predicted octanol–water partition coefficient (Wildman–Crippen LogP) is 4.32. The number of benzene rings is 2. The molecule has 1 saturated carbocycles. The van der Waals surface area contributed by atoms with Gasteiger partial charge < -0.3 is 15.6 Å². The molecule has 3 N–H and O–H groups in total. The molecule has 0 atom stereocenters. The maximum Gasteiger partial charge on any atom is 0.227 e. The van der Waals surface area contributed by atoms with Crippen molar-refractivity contribution in [3.05, 3.63) is 42.5 Å². The molecule has 0 radical (unpaired) electrons. The molecule has 1 aromatic heterocycles. The van der Waals surface area contributed by atoms with Gasteiger partial charge in [0.2, 0.25) is 11.8 Å². The largest absolute Gasteiger partial charge is 0.338 e. The highest BCUT2D eigenvalue weighted by atomic mass is 16.2. The van der Waals surface area contributed by atoms with Gasteiger partial charge in [0, 0.05) is 29.8 Å². The fourth-order valence-electron chi connectivity index (χ4n) is 3.57. The number of nitrogens with zero attached hydrogens (tertiary/aromatic N) is 1. The Labute approximate surface area is 157 Å². The number of fused-ring (bicyclic) bond motifs is 1. The molecule has 6 nitrogen and oxygen atoms in total. The molecule has 1 aliphatic rings. The molecule has 2 amide bonds. The van der Waals surface area contributed by atoms with Gasteiger partial charge in [-0.15, -0.1) is 0 Å². The van der Waals surface area contributed by atoms with Crippen molar-refractivity contribution in [2.45, 2.75) is 32.6 Å². The molecule has 1 heterocycles. The van der Waals surface area contributed by atoms with E-state index in [-0.39, 0.29) is 17.7 Å². The number of nitrogens with one attached hydrogen (secondary N) is 3. The standard InChI is InChI=1S/C21H22N4O2/c1-13(26)22-16-8-6-14(7-9-16)20-24-18-11-10-17(12-19(18)25-20)23-21(27)15-4-2-3-5-15/h6-12,15H,2-5H2,1H3,(H,22,26)(H,23,27)(H,24,25). The van der Waals surface area contributed by atoms with Crippen LogP contribution in [0.4, 0.5) is 11.4 Å². The number of hydrogen-bond acceptors (Lipinski definition) is 3. The number of aromatic nitrogens is 2. The van der Waals surface area contributed by atoms with Gasteiger partial charge in [-0.25, -0.2) is 4.98 Å². The zero-order valence-electron chi connectivity index (χ0n) is 15.2. The normalized spacial score (nSPS) is 14.4. The van der Waals surface area contributed by atoms with Gasteiger partial charge in [-0.1, -0.05) is 12.8 Å². The van der Waals surface area contributed by atoms with E-state index in [1.807, 2.05) is 42.5 Å². The van der Waals surface area contributed by atoms with Gasteiger partial charge in [0.1, 0.15) is 5.82 Å². The highest BCUT2D eigenvalue weighted by Crippen LogP contribution is 2.27. The summed E-state index contributed by atoms with van der Waals surface area (Å²) < 4.78 is 0. The smallest absolute Gasteiger partial charge is 0.227 e. The lowest BCUT2D eigenvalue weighted by Gasteiger charge is -2.10. The van der Waals surface area contributed by atoms with Crippen molar-refractivity contribution >= 4 is 34.2 Å². The summed E-state index contributed by atoms with van der Waals surface area (Å²) in [6, 6.07) is 13.2. The molecule has 0 saturated heterocycles. The SMILES string of the molecule is CC(=O)Nc1ccc(-c2nc3ccc(NC(=O)C4CCCC4)cc3[nH]2)cc1. The fraction of sp³-hybridized carbons (Fsp3) is 0.286. The van der Waals surface area contributed by atoms with E-state index in [0.29, 0.717) is 0 Å². The topological polar surface area (TPSA) is 86.9 Å². The van der Waals surface area contributed by atoms with Crippen LogP contribution in [0.15, 0.2) is 42.5 Å². The lowest BCUT2D eigenvalue weighted by atomic mass is 10.1. The van der Waals surface area contributed by atoms with E-state index in [1.165, 1.54) is 6.92 Å². The number of amides is 2. The average Bonchev–Trinajstić information content (AvgIpc) is 3.31. The third kappa shape index (κ3) is 3.84. The van der Waals surface area contributed by atoms with Crippen LogP contribution in [0.1, 0.15) is 32.6 Å². The van der Waals surface area contributed by atoms with Crippen LogP contribution in [-0.4, -0.2) is 21.8 Å². The van der Waals surface area contributed by atoms with Crippen molar-refractivity contribution in [2.75, 3.05) is 10.6 Å². The van der Waals surface area contributed by atoms with E-state index in [9.17, 15) is 9.59 Å². The quantitative estimate of drug-likeness (QED) is 0.646. The molecule has 4 rings (SSSR count). The highest BCUT2D eigenvalue weighted by molar-refractivity contribution is 5.95. The van der Waals surface area contributed by atoms with Crippen LogP contribution in [0.5, 0.6) is 0 Å². The summed E-state index contributed by atoms with van der Waals surface area (Å²) in [5.41, 5.74) is 4.18. The van der Waals surface area contributed by atoms with Crippen LogP contribution in [0.3, 0.4) is 0 Å². The summed E-state index contributed by atoms with van der Waals surface area (Å²) >= 11 is 0. The molecule has 0 bridgehead atoms. The minimum atomic E-state index is -0.0985. The van der Waals surface area contributed by atoms with E-state index in [4.69, 9.17) is 0 Å². The lowest BCUT2D eigenvalue weighted by Crippen LogP contribution is -2.20. The number of H-pyrrole nitrogens is 1. The van der Waals surface area contributed by atoms with Crippen molar-refractivity contribution in [2.24, 2.45) is 5.92 Å². The molecule has 3 aromatic rings. The lowest BCUT2D eigenvalue weighted by molar-refractivity contribution is -0.119. The molecule has 0 spiro atoms. The number of hydrogen-bond donors (Lipinski definition) is 3. The summed E-state index contributed by atoms with van der Waals surface area (Å²) in [5, 5.41) is 5.77. The minimum absolute atomic E-state index is 0.0985. The Morgan fingerprint density at radius 3 is 2.41 bits per heavy atom. The second kappa shape index (κ2) is 7.23.